The highest BCUT2D eigenvalue weighted by Crippen LogP contribution is 2.32. The molecule has 21 heavy (non-hydrogen) atoms. The summed E-state index contributed by atoms with van der Waals surface area (Å²) in [5.74, 6) is 1.76. The van der Waals surface area contributed by atoms with Gasteiger partial charge in [-0.15, -0.1) is 0 Å². The standard InChI is InChI=1S/C18H24N2O/c1-2-13-6-5-7-15(10-13)21-18-11-14(12-19)20-17-9-4-3-8-16(17)18/h3-4,8-9,11,13,15H,2,5-7,10,12,19H2,1H3. The van der Waals surface area contributed by atoms with Gasteiger partial charge in [0.15, 0.2) is 0 Å². The van der Waals surface area contributed by atoms with E-state index < -0.39 is 0 Å². The first-order valence-corrected chi connectivity index (χ1v) is 8.05. The SMILES string of the molecule is CCC1CCCC(Oc2cc(CN)nc3ccccc23)C1. The zero-order valence-electron chi connectivity index (χ0n) is 12.7. The number of ether oxygens (including phenoxy) is 1. The van der Waals surface area contributed by atoms with E-state index in [1.54, 1.807) is 0 Å². The van der Waals surface area contributed by atoms with Crippen molar-refractivity contribution in [1.82, 2.24) is 4.98 Å². The minimum atomic E-state index is 0.333. The van der Waals surface area contributed by atoms with Crippen molar-refractivity contribution in [3.63, 3.8) is 0 Å². The number of benzene rings is 1. The second-order valence-electron chi connectivity index (χ2n) is 6.01. The summed E-state index contributed by atoms with van der Waals surface area (Å²) >= 11 is 0. The second kappa shape index (κ2) is 6.44. The molecule has 3 rings (SSSR count). The maximum absolute atomic E-state index is 6.35. The van der Waals surface area contributed by atoms with Crippen molar-refractivity contribution in [3.8, 4) is 5.75 Å². The minimum absolute atomic E-state index is 0.333. The summed E-state index contributed by atoms with van der Waals surface area (Å²) in [4.78, 5) is 4.57. The topological polar surface area (TPSA) is 48.1 Å². The Morgan fingerprint density at radius 2 is 2.14 bits per heavy atom. The number of fused-ring (bicyclic) bond motifs is 1. The van der Waals surface area contributed by atoms with Crippen LogP contribution in [0.5, 0.6) is 5.75 Å². The molecule has 2 aromatic rings. The number of aromatic nitrogens is 1. The van der Waals surface area contributed by atoms with Gasteiger partial charge >= 0.3 is 0 Å². The van der Waals surface area contributed by atoms with Crippen LogP contribution in [-0.4, -0.2) is 11.1 Å². The fourth-order valence-corrected chi connectivity index (χ4v) is 3.30. The third-order valence-electron chi connectivity index (χ3n) is 4.55. The van der Waals surface area contributed by atoms with Crippen molar-refractivity contribution in [2.45, 2.75) is 51.7 Å². The molecule has 0 spiro atoms. The third-order valence-corrected chi connectivity index (χ3v) is 4.55. The van der Waals surface area contributed by atoms with Gasteiger partial charge in [-0.25, -0.2) is 0 Å². The van der Waals surface area contributed by atoms with E-state index in [9.17, 15) is 0 Å². The van der Waals surface area contributed by atoms with Crippen molar-refractivity contribution in [3.05, 3.63) is 36.0 Å². The molecule has 1 aromatic heterocycles. The largest absolute Gasteiger partial charge is 0.490 e. The van der Waals surface area contributed by atoms with Crippen molar-refractivity contribution in [1.29, 1.82) is 0 Å². The Morgan fingerprint density at radius 1 is 1.29 bits per heavy atom. The summed E-state index contributed by atoms with van der Waals surface area (Å²) in [5.41, 5.74) is 7.63. The minimum Gasteiger partial charge on any atom is -0.490 e. The Balaban J connectivity index is 1.88. The van der Waals surface area contributed by atoms with Crippen molar-refractivity contribution < 1.29 is 4.74 Å². The molecule has 112 valence electrons. The Bertz CT molecular complexity index is 611. The van der Waals surface area contributed by atoms with E-state index in [1.165, 1.54) is 25.7 Å². The monoisotopic (exact) mass is 284 g/mol. The third kappa shape index (κ3) is 3.18. The molecule has 3 heteroatoms. The lowest BCUT2D eigenvalue weighted by Gasteiger charge is -2.29. The average molecular weight is 284 g/mol. The number of rotatable bonds is 4. The predicted octanol–water partition coefficient (Wildman–Crippen LogP) is 4.04. The van der Waals surface area contributed by atoms with Crippen LogP contribution in [-0.2, 0) is 6.54 Å². The highest BCUT2D eigenvalue weighted by atomic mass is 16.5. The lowest BCUT2D eigenvalue weighted by Crippen LogP contribution is -2.25. The quantitative estimate of drug-likeness (QED) is 0.921. The Hall–Kier alpha value is -1.61. The molecular weight excluding hydrogens is 260 g/mol. The summed E-state index contributed by atoms with van der Waals surface area (Å²) in [7, 11) is 0. The Labute approximate surface area is 126 Å². The van der Waals surface area contributed by atoms with E-state index in [0.29, 0.717) is 12.6 Å². The number of nitrogens with zero attached hydrogens (tertiary/aromatic N) is 1. The van der Waals surface area contributed by atoms with E-state index in [1.807, 2.05) is 24.3 Å². The van der Waals surface area contributed by atoms with Crippen LogP contribution >= 0.6 is 0 Å². The van der Waals surface area contributed by atoms with Gasteiger partial charge in [-0.3, -0.25) is 4.98 Å². The van der Waals surface area contributed by atoms with Crippen LogP contribution in [0.25, 0.3) is 10.9 Å². The van der Waals surface area contributed by atoms with Gasteiger partial charge in [0.1, 0.15) is 5.75 Å². The molecule has 0 bridgehead atoms. The van der Waals surface area contributed by atoms with E-state index in [-0.39, 0.29) is 0 Å². The van der Waals surface area contributed by atoms with Gasteiger partial charge in [0, 0.05) is 18.0 Å². The van der Waals surface area contributed by atoms with Crippen LogP contribution in [0.3, 0.4) is 0 Å². The second-order valence-corrected chi connectivity index (χ2v) is 6.01. The molecule has 2 N–H and O–H groups in total. The lowest BCUT2D eigenvalue weighted by atomic mass is 9.85. The van der Waals surface area contributed by atoms with Crippen LogP contribution in [0.15, 0.2) is 30.3 Å². The zero-order valence-corrected chi connectivity index (χ0v) is 12.7. The smallest absolute Gasteiger partial charge is 0.130 e. The molecule has 1 aliphatic rings. The maximum atomic E-state index is 6.35. The first kappa shape index (κ1) is 14.3. The molecule has 2 unspecified atom stereocenters. The van der Waals surface area contributed by atoms with E-state index >= 15 is 0 Å². The summed E-state index contributed by atoms with van der Waals surface area (Å²) in [5, 5.41) is 1.09. The number of hydrogen-bond donors (Lipinski definition) is 1. The summed E-state index contributed by atoms with van der Waals surface area (Å²) in [6.07, 6.45) is 6.54. The van der Waals surface area contributed by atoms with Crippen molar-refractivity contribution in [2.24, 2.45) is 11.7 Å². The molecule has 3 nitrogen and oxygen atoms in total. The van der Waals surface area contributed by atoms with E-state index in [2.05, 4.69) is 18.0 Å². The van der Waals surface area contributed by atoms with Gasteiger partial charge in [0.2, 0.25) is 0 Å². The molecule has 1 aromatic carbocycles. The molecule has 1 heterocycles. The van der Waals surface area contributed by atoms with E-state index in [0.717, 1.165) is 34.7 Å². The molecular formula is C18H24N2O. The summed E-state index contributed by atoms with van der Waals surface area (Å²) in [6.45, 7) is 2.73. The number of hydrogen-bond acceptors (Lipinski definition) is 3. The average Bonchev–Trinajstić information content (AvgIpc) is 2.55. The highest BCUT2D eigenvalue weighted by molar-refractivity contribution is 5.85. The van der Waals surface area contributed by atoms with Crippen LogP contribution in [0.2, 0.25) is 0 Å². The van der Waals surface area contributed by atoms with Gasteiger partial charge in [-0.2, -0.15) is 0 Å². The fourth-order valence-electron chi connectivity index (χ4n) is 3.30. The fraction of sp³-hybridized carbons (Fsp3) is 0.500. The highest BCUT2D eigenvalue weighted by Gasteiger charge is 2.22. The Kier molecular flexibility index (Phi) is 4.39. The number of nitrogens with two attached hydrogens (primary N) is 1. The van der Waals surface area contributed by atoms with Crippen molar-refractivity contribution >= 4 is 10.9 Å². The number of pyridine rings is 1. The maximum Gasteiger partial charge on any atom is 0.130 e. The lowest BCUT2D eigenvalue weighted by molar-refractivity contribution is 0.123. The van der Waals surface area contributed by atoms with Crippen LogP contribution in [0, 0.1) is 5.92 Å². The molecule has 1 aliphatic carbocycles. The first-order valence-electron chi connectivity index (χ1n) is 8.05. The van der Waals surface area contributed by atoms with Crippen LogP contribution in [0.4, 0.5) is 0 Å². The predicted molar refractivity (Wildman–Crippen MR) is 86.3 cm³/mol. The molecule has 2 atom stereocenters. The van der Waals surface area contributed by atoms with Gasteiger partial charge in [0.25, 0.3) is 0 Å². The normalized spacial score (nSPS) is 22.4. The number of para-hydroxylation sites is 1. The van der Waals surface area contributed by atoms with Crippen molar-refractivity contribution in [2.75, 3.05) is 0 Å². The molecule has 0 amide bonds. The zero-order chi connectivity index (χ0) is 14.7. The first-order chi connectivity index (χ1) is 10.3. The van der Waals surface area contributed by atoms with Gasteiger partial charge < -0.3 is 10.5 Å². The van der Waals surface area contributed by atoms with Gasteiger partial charge in [-0.1, -0.05) is 31.9 Å². The summed E-state index contributed by atoms with van der Waals surface area (Å²) < 4.78 is 6.35. The van der Waals surface area contributed by atoms with E-state index in [4.69, 9.17) is 10.5 Å². The Morgan fingerprint density at radius 3 is 2.95 bits per heavy atom. The molecule has 0 radical (unpaired) electrons. The summed E-state index contributed by atoms with van der Waals surface area (Å²) in [6, 6.07) is 10.2. The van der Waals surface area contributed by atoms with Gasteiger partial charge in [-0.05, 0) is 37.3 Å². The van der Waals surface area contributed by atoms with Crippen LogP contribution < -0.4 is 10.5 Å². The van der Waals surface area contributed by atoms with Crippen LogP contribution in [0.1, 0.15) is 44.7 Å². The molecule has 0 saturated heterocycles. The van der Waals surface area contributed by atoms with Gasteiger partial charge in [0.05, 0.1) is 17.3 Å². The molecule has 1 saturated carbocycles. The molecule has 0 aliphatic heterocycles. The molecule has 1 fully saturated rings.